The first kappa shape index (κ1) is 13.0. The molecule has 17 heavy (non-hydrogen) atoms. The van der Waals surface area contributed by atoms with Crippen molar-refractivity contribution in [1.82, 2.24) is 9.88 Å². The third kappa shape index (κ3) is 4.10. The van der Waals surface area contributed by atoms with Gasteiger partial charge in [-0.2, -0.15) is 0 Å². The van der Waals surface area contributed by atoms with Gasteiger partial charge < -0.3 is 14.7 Å². The van der Waals surface area contributed by atoms with E-state index >= 15 is 0 Å². The van der Waals surface area contributed by atoms with Crippen molar-refractivity contribution in [2.24, 2.45) is 0 Å². The lowest BCUT2D eigenvalue weighted by Crippen LogP contribution is -2.23. The number of aromatic nitrogens is 1. The van der Waals surface area contributed by atoms with Crippen LogP contribution >= 0.6 is 0 Å². The van der Waals surface area contributed by atoms with Crippen LogP contribution in [0.4, 0.5) is 0 Å². The second-order valence-corrected chi connectivity index (χ2v) is 3.57. The molecule has 0 radical (unpaired) electrons. The Kier molecular flexibility index (Phi) is 4.45. The summed E-state index contributed by atoms with van der Waals surface area (Å²) in [6.07, 6.45) is 1.59. The van der Waals surface area contributed by atoms with E-state index in [1.165, 1.54) is 23.2 Å². The van der Waals surface area contributed by atoms with Crippen LogP contribution in [-0.4, -0.2) is 47.6 Å². The molecule has 0 atom stereocenters. The van der Waals surface area contributed by atoms with Gasteiger partial charge in [0.25, 0.3) is 0 Å². The van der Waals surface area contributed by atoms with Gasteiger partial charge in [0.15, 0.2) is 0 Å². The Hall–Kier alpha value is -2.11. The molecule has 6 nitrogen and oxygen atoms in total. The van der Waals surface area contributed by atoms with E-state index in [0.717, 1.165) is 0 Å². The molecule has 6 heteroatoms. The van der Waals surface area contributed by atoms with E-state index in [1.807, 2.05) is 0 Å². The third-order valence-corrected chi connectivity index (χ3v) is 2.04. The number of carbonyl (C=O) groups is 2. The Bertz CT molecular complexity index is 400. The summed E-state index contributed by atoms with van der Waals surface area (Å²) in [6.45, 7) is 0.241. The van der Waals surface area contributed by atoms with Crippen LogP contribution in [0.1, 0.15) is 16.9 Å². The molecule has 0 spiro atoms. The highest BCUT2D eigenvalue weighted by Crippen LogP contribution is 2.09. The summed E-state index contributed by atoms with van der Waals surface area (Å²) in [5.41, 5.74) is -0.0401. The predicted octanol–water partition coefficient (Wildman–Crippen LogP) is 0.637. The maximum absolute atomic E-state index is 11.2. The highest BCUT2D eigenvalue weighted by molar-refractivity contribution is 5.85. The molecule has 1 aromatic rings. The van der Waals surface area contributed by atoms with Gasteiger partial charge in [0.05, 0.1) is 19.2 Å². The highest BCUT2D eigenvalue weighted by Gasteiger charge is 2.06. The van der Waals surface area contributed by atoms with E-state index < -0.39 is 5.97 Å². The van der Waals surface area contributed by atoms with Crippen LogP contribution in [0, 0.1) is 0 Å². The van der Waals surface area contributed by atoms with Crippen LogP contribution < -0.4 is 4.74 Å². The fourth-order valence-corrected chi connectivity index (χ4v) is 1.07. The molecule has 1 N–H and O–H groups in total. The van der Waals surface area contributed by atoms with Crippen molar-refractivity contribution in [2.45, 2.75) is 6.42 Å². The van der Waals surface area contributed by atoms with Crippen LogP contribution in [-0.2, 0) is 4.79 Å². The molecule has 92 valence electrons. The summed E-state index contributed by atoms with van der Waals surface area (Å²) >= 11 is 0. The van der Waals surface area contributed by atoms with Gasteiger partial charge >= 0.3 is 5.97 Å². The molecular weight excluding hydrogens is 224 g/mol. The average Bonchev–Trinajstić information content (AvgIpc) is 2.29. The number of carboxylic acids is 1. The minimum Gasteiger partial charge on any atom is -0.491 e. The Labute approximate surface area is 98.8 Å². The highest BCUT2D eigenvalue weighted by atomic mass is 16.5. The standard InChI is InChI=1S/C11H14N2O4/c1-13(2)10(14)5-6-17-8-3-4-9(11(15)16)12-7-8/h3-4,7H,5-6H2,1-2H3,(H,15,16). The van der Waals surface area contributed by atoms with Gasteiger partial charge in [0.2, 0.25) is 5.91 Å². The van der Waals surface area contributed by atoms with E-state index in [2.05, 4.69) is 4.98 Å². The molecule has 1 aromatic heterocycles. The van der Waals surface area contributed by atoms with Gasteiger partial charge in [-0.1, -0.05) is 0 Å². The summed E-state index contributed by atoms with van der Waals surface area (Å²) in [5, 5.41) is 8.63. The predicted molar refractivity (Wildman–Crippen MR) is 60.0 cm³/mol. The summed E-state index contributed by atoms with van der Waals surface area (Å²) in [6, 6.07) is 2.86. The van der Waals surface area contributed by atoms with Crippen molar-refractivity contribution in [3.63, 3.8) is 0 Å². The summed E-state index contributed by atoms with van der Waals surface area (Å²) in [7, 11) is 3.34. The quantitative estimate of drug-likeness (QED) is 0.814. The van der Waals surface area contributed by atoms with Crippen LogP contribution in [0.5, 0.6) is 5.75 Å². The van der Waals surface area contributed by atoms with Gasteiger partial charge in [-0.3, -0.25) is 4.79 Å². The first-order valence-electron chi connectivity index (χ1n) is 5.03. The average molecular weight is 238 g/mol. The molecule has 0 aliphatic rings. The van der Waals surface area contributed by atoms with Gasteiger partial charge in [-0.15, -0.1) is 0 Å². The van der Waals surface area contributed by atoms with E-state index in [0.29, 0.717) is 5.75 Å². The SMILES string of the molecule is CN(C)C(=O)CCOc1ccc(C(=O)O)nc1. The Morgan fingerprint density at radius 3 is 2.59 bits per heavy atom. The molecular formula is C11H14N2O4. The smallest absolute Gasteiger partial charge is 0.354 e. The molecule has 0 aliphatic carbocycles. The molecule has 0 aromatic carbocycles. The van der Waals surface area contributed by atoms with Crippen LogP contribution in [0.15, 0.2) is 18.3 Å². The number of aromatic carboxylic acids is 1. The molecule has 0 saturated carbocycles. The molecule has 1 amide bonds. The molecule has 1 rings (SSSR count). The lowest BCUT2D eigenvalue weighted by Gasteiger charge is -2.10. The van der Waals surface area contributed by atoms with Gasteiger partial charge in [-0.05, 0) is 12.1 Å². The van der Waals surface area contributed by atoms with Crippen molar-refractivity contribution in [3.8, 4) is 5.75 Å². The number of carbonyl (C=O) groups excluding carboxylic acids is 1. The third-order valence-electron chi connectivity index (χ3n) is 2.04. The fraction of sp³-hybridized carbons (Fsp3) is 0.364. The molecule has 0 aliphatic heterocycles. The lowest BCUT2D eigenvalue weighted by molar-refractivity contribution is -0.129. The minimum atomic E-state index is -1.08. The van der Waals surface area contributed by atoms with Crippen molar-refractivity contribution in [1.29, 1.82) is 0 Å². The second-order valence-electron chi connectivity index (χ2n) is 3.57. The number of pyridine rings is 1. The zero-order chi connectivity index (χ0) is 12.8. The van der Waals surface area contributed by atoms with Gasteiger partial charge in [0, 0.05) is 14.1 Å². The lowest BCUT2D eigenvalue weighted by atomic mass is 10.3. The zero-order valence-corrected chi connectivity index (χ0v) is 9.71. The zero-order valence-electron chi connectivity index (χ0n) is 9.71. The first-order chi connectivity index (χ1) is 8.00. The summed E-state index contributed by atoms with van der Waals surface area (Å²) in [4.78, 5) is 26.9. The van der Waals surface area contributed by atoms with E-state index in [9.17, 15) is 9.59 Å². The number of hydrogen-bond acceptors (Lipinski definition) is 4. The summed E-state index contributed by atoms with van der Waals surface area (Å²) < 4.78 is 5.26. The first-order valence-corrected chi connectivity index (χ1v) is 5.03. The molecule has 0 bridgehead atoms. The molecule has 1 heterocycles. The number of rotatable bonds is 5. The van der Waals surface area contributed by atoms with Crippen LogP contribution in [0.25, 0.3) is 0 Å². The summed E-state index contributed by atoms with van der Waals surface area (Å²) in [5.74, 6) is -0.666. The Morgan fingerprint density at radius 1 is 1.41 bits per heavy atom. The van der Waals surface area contributed by atoms with Gasteiger partial charge in [0.1, 0.15) is 11.4 Å². The van der Waals surface area contributed by atoms with Crippen molar-refractivity contribution in [2.75, 3.05) is 20.7 Å². The normalized spacial score (nSPS) is 9.76. The number of nitrogens with zero attached hydrogens (tertiary/aromatic N) is 2. The topological polar surface area (TPSA) is 79.7 Å². The molecule has 0 fully saturated rings. The minimum absolute atomic E-state index is 0.0277. The van der Waals surface area contributed by atoms with Crippen molar-refractivity contribution >= 4 is 11.9 Å². The van der Waals surface area contributed by atoms with Crippen molar-refractivity contribution < 1.29 is 19.4 Å². The Balaban J connectivity index is 2.42. The van der Waals surface area contributed by atoms with Crippen molar-refractivity contribution in [3.05, 3.63) is 24.0 Å². The van der Waals surface area contributed by atoms with Gasteiger partial charge in [-0.25, -0.2) is 9.78 Å². The molecule has 0 unspecified atom stereocenters. The fourth-order valence-electron chi connectivity index (χ4n) is 1.07. The Morgan fingerprint density at radius 2 is 2.12 bits per heavy atom. The van der Waals surface area contributed by atoms with Crippen LogP contribution in [0.3, 0.4) is 0 Å². The number of amides is 1. The maximum Gasteiger partial charge on any atom is 0.354 e. The van der Waals surface area contributed by atoms with E-state index in [4.69, 9.17) is 9.84 Å². The maximum atomic E-state index is 11.2. The largest absolute Gasteiger partial charge is 0.491 e. The number of carboxylic acid groups (broad SMARTS) is 1. The monoisotopic (exact) mass is 238 g/mol. The number of ether oxygens (including phenoxy) is 1. The van der Waals surface area contributed by atoms with Crippen LogP contribution in [0.2, 0.25) is 0 Å². The van der Waals surface area contributed by atoms with E-state index in [-0.39, 0.29) is 24.6 Å². The molecule has 0 saturated heterocycles. The second kappa shape index (κ2) is 5.83. The number of hydrogen-bond donors (Lipinski definition) is 1. The van der Waals surface area contributed by atoms with E-state index in [1.54, 1.807) is 14.1 Å².